The number of hydrogen-bond acceptors (Lipinski definition) is 3. The average molecular weight is 360 g/mol. The molecule has 3 atom stereocenters. The third kappa shape index (κ3) is 5.31. The molecule has 1 aromatic rings. The van der Waals surface area contributed by atoms with Crippen LogP contribution in [0, 0.1) is 25.7 Å². The van der Waals surface area contributed by atoms with E-state index in [1.807, 2.05) is 55.8 Å². The Hall–Kier alpha value is -1.88. The molecule has 0 aromatic heterocycles. The zero-order valence-corrected chi connectivity index (χ0v) is 17.0. The fourth-order valence-corrected chi connectivity index (χ4v) is 3.72. The first-order chi connectivity index (χ1) is 12.2. The molecule has 0 bridgehead atoms. The molecule has 0 saturated carbocycles. The van der Waals surface area contributed by atoms with Crippen molar-refractivity contribution >= 4 is 17.5 Å². The SMILES string of the molecule is Cc1ccc(C)c(NC(=O)CN(C)[C@H](C)C(=O)N2C[C@@H](C)C[C@H](C)C2)c1. The van der Waals surface area contributed by atoms with Gasteiger partial charge in [0.2, 0.25) is 11.8 Å². The van der Waals surface area contributed by atoms with Gasteiger partial charge in [-0.25, -0.2) is 0 Å². The van der Waals surface area contributed by atoms with Gasteiger partial charge in [0, 0.05) is 18.8 Å². The van der Waals surface area contributed by atoms with E-state index in [2.05, 4.69) is 19.2 Å². The standard InChI is InChI=1S/C21H33N3O2/c1-14-7-8-17(4)19(10-14)22-20(25)13-23(6)18(5)21(26)24-11-15(2)9-16(3)12-24/h7-8,10,15-16,18H,9,11-13H2,1-6H3,(H,22,25)/t15-,16-,18+/m0/s1. The summed E-state index contributed by atoms with van der Waals surface area (Å²) in [6.45, 7) is 12.1. The molecule has 0 unspecified atom stereocenters. The van der Waals surface area contributed by atoms with Gasteiger partial charge < -0.3 is 10.2 Å². The Kier molecular flexibility index (Phi) is 6.81. The van der Waals surface area contributed by atoms with Crippen molar-refractivity contribution in [2.24, 2.45) is 11.8 Å². The van der Waals surface area contributed by atoms with Gasteiger partial charge in [-0.3, -0.25) is 14.5 Å². The molecule has 1 saturated heterocycles. The van der Waals surface area contributed by atoms with E-state index in [9.17, 15) is 9.59 Å². The minimum atomic E-state index is -0.308. The predicted octanol–water partition coefficient (Wildman–Crippen LogP) is 3.07. The molecule has 0 spiro atoms. The highest BCUT2D eigenvalue weighted by Gasteiger charge is 2.30. The van der Waals surface area contributed by atoms with Gasteiger partial charge in [0.25, 0.3) is 0 Å². The summed E-state index contributed by atoms with van der Waals surface area (Å²) in [5.74, 6) is 1.09. The number of piperidine rings is 1. The number of likely N-dealkylation sites (N-methyl/N-ethyl adjacent to an activating group) is 1. The van der Waals surface area contributed by atoms with Crippen molar-refractivity contribution in [2.45, 2.75) is 47.1 Å². The number of nitrogens with one attached hydrogen (secondary N) is 1. The lowest BCUT2D eigenvalue weighted by molar-refractivity contribution is -0.139. The molecule has 0 radical (unpaired) electrons. The molecule has 1 N–H and O–H groups in total. The van der Waals surface area contributed by atoms with Crippen LogP contribution in [0.1, 0.15) is 38.3 Å². The second kappa shape index (κ2) is 8.67. The van der Waals surface area contributed by atoms with Gasteiger partial charge in [-0.2, -0.15) is 0 Å². The molecule has 26 heavy (non-hydrogen) atoms. The molecule has 1 heterocycles. The van der Waals surface area contributed by atoms with E-state index in [4.69, 9.17) is 0 Å². The number of aryl methyl sites for hydroxylation is 2. The van der Waals surface area contributed by atoms with Gasteiger partial charge in [0.1, 0.15) is 0 Å². The summed E-state index contributed by atoms with van der Waals surface area (Å²) in [5, 5.41) is 2.96. The zero-order chi connectivity index (χ0) is 19.4. The number of benzene rings is 1. The summed E-state index contributed by atoms with van der Waals surface area (Å²) >= 11 is 0. The highest BCUT2D eigenvalue weighted by molar-refractivity contribution is 5.93. The zero-order valence-electron chi connectivity index (χ0n) is 17.0. The van der Waals surface area contributed by atoms with Crippen molar-refractivity contribution in [1.82, 2.24) is 9.80 Å². The fraction of sp³-hybridized carbons (Fsp3) is 0.619. The van der Waals surface area contributed by atoms with E-state index in [-0.39, 0.29) is 24.4 Å². The predicted molar refractivity (Wildman–Crippen MR) is 106 cm³/mol. The molecule has 1 aromatic carbocycles. The Balaban J connectivity index is 1.93. The Morgan fingerprint density at radius 2 is 1.85 bits per heavy atom. The van der Waals surface area contributed by atoms with Crippen molar-refractivity contribution in [3.63, 3.8) is 0 Å². The highest BCUT2D eigenvalue weighted by Crippen LogP contribution is 2.22. The minimum Gasteiger partial charge on any atom is -0.341 e. The molecule has 5 nitrogen and oxygen atoms in total. The van der Waals surface area contributed by atoms with Gasteiger partial charge in [0.15, 0.2) is 0 Å². The van der Waals surface area contributed by atoms with E-state index in [1.54, 1.807) is 0 Å². The Morgan fingerprint density at radius 1 is 1.23 bits per heavy atom. The smallest absolute Gasteiger partial charge is 0.239 e. The topological polar surface area (TPSA) is 52.7 Å². The lowest BCUT2D eigenvalue weighted by atomic mass is 9.91. The number of likely N-dealkylation sites (tertiary alicyclic amines) is 1. The first-order valence-electron chi connectivity index (χ1n) is 9.53. The van der Waals surface area contributed by atoms with Crippen LogP contribution in [0.5, 0.6) is 0 Å². The van der Waals surface area contributed by atoms with Crippen molar-refractivity contribution in [3.8, 4) is 0 Å². The normalized spacial score (nSPS) is 21.6. The van der Waals surface area contributed by atoms with Crippen LogP contribution in [0.3, 0.4) is 0 Å². The average Bonchev–Trinajstić information content (AvgIpc) is 2.55. The van der Waals surface area contributed by atoms with Crippen molar-refractivity contribution in [1.29, 1.82) is 0 Å². The van der Waals surface area contributed by atoms with Crippen LogP contribution in [0.2, 0.25) is 0 Å². The maximum absolute atomic E-state index is 12.8. The summed E-state index contributed by atoms with van der Waals surface area (Å²) in [6.07, 6.45) is 1.17. The molecule has 1 aliphatic heterocycles. The number of carbonyl (C=O) groups is 2. The number of anilines is 1. The number of amides is 2. The number of nitrogens with zero attached hydrogens (tertiary/aromatic N) is 2. The Labute approximate surface area is 157 Å². The van der Waals surface area contributed by atoms with E-state index < -0.39 is 0 Å². The number of rotatable bonds is 5. The molecule has 5 heteroatoms. The summed E-state index contributed by atoms with van der Waals surface area (Å²) in [7, 11) is 1.84. The maximum atomic E-state index is 12.8. The summed E-state index contributed by atoms with van der Waals surface area (Å²) in [4.78, 5) is 29.0. The number of carbonyl (C=O) groups excluding carboxylic acids is 2. The molecule has 2 rings (SSSR count). The van der Waals surface area contributed by atoms with E-state index in [0.717, 1.165) is 29.9 Å². The Bertz CT molecular complexity index is 649. The lowest BCUT2D eigenvalue weighted by Crippen LogP contribution is -2.51. The second-order valence-corrected chi connectivity index (χ2v) is 8.15. The molecule has 0 aliphatic carbocycles. The fourth-order valence-electron chi connectivity index (χ4n) is 3.72. The molecule has 1 aliphatic rings. The minimum absolute atomic E-state index is 0.0961. The van der Waals surface area contributed by atoms with E-state index in [1.165, 1.54) is 6.42 Å². The van der Waals surface area contributed by atoms with E-state index >= 15 is 0 Å². The summed E-state index contributed by atoms with van der Waals surface area (Å²) < 4.78 is 0. The number of hydrogen-bond donors (Lipinski definition) is 1. The van der Waals surface area contributed by atoms with E-state index in [0.29, 0.717) is 11.8 Å². The summed E-state index contributed by atoms with van der Waals surface area (Å²) in [6, 6.07) is 5.69. The van der Waals surface area contributed by atoms with Crippen molar-refractivity contribution < 1.29 is 9.59 Å². The quantitative estimate of drug-likeness (QED) is 0.879. The van der Waals surface area contributed by atoms with Gasteiger partial charge in [-0.05, 0) is 63.3 Å². The van der Waals surface area contributed by atoms with Gasteiger partial charge >= 0.3 is 0 Å². The lowest BCUT2D eigenvalue weighted by Gasteiger charge is -2.38. The van der Waals surface area contributed by atoms with Crippen LogP contribution >= 0.6 is 0 Å². The molecule has 1 fully saturated rings. The third-order valence-electron chi connectivity index (χ3n) is 5.26. The van der Waals surface area contributed by atoms with Crippen LogP contribution in [0.25, 0.3) is 0 Å². The van der Waals surface area contributed by atoms with Crippen LogP contribution in [-0.4, -0.2) is 54.3 Å². The van der Waals surface area contributed by atoms with Gasteiger partial charge in [0.05, 0.1) is 12.6 Å². The molecular formula is C21H33N3O2. The molecule has 144 valence electrons. The van der Waals surface area contributed by atoms with Gasteiger partial charge in [-0.1, -0.05) is 26.0 Å². The molecular weight excluding hydrogens is 326 g/mol. The first-order valence-corrected chi connectivity index (χ1v) is 9.53. The van der Waals surface area contributed by atoms with Crippen molar-refractivity contribution in [2.75, 3.05) is 32.0 Å². The Morgan fingerprint density at radius 3 is 2.46 bits per heavy atom. The third-order valence-corrected chi connectivity index (χ3v) is 5.26. The van der Waals surface area contributed by atoms with Crippen LogP contribution in [-0.2, 0) is 9.59 Å². The van der Waals surface area contributed by atoms with Crippen LogP contribution < -0.4 is 5.32 Å². The van der Waals surface area contributed by atoms with Crippen molar-refractivity contribution in [3.05, 3.63) is 29.3 Å². The maximum Gasteiger partial charge on any atom is 0.239 e. The molecule has 2 amide bonds. The monoisotopic (exact) mass is 359 g/mol. The second-order valence-electron chi connectivity index (χ2n) is 8.15. The summed E-state index contributed by atoms with van der Waals surface area (Å²) in [5.41, 5.74) is 2.98. The highest BCUT2D eigenvalue weighted by atomic mass is 16.2. The van der Waals surface area contributed by atoms with Gasteiger partial charge in [-0.15, -0.1) is 0 Å². The first kappa shape index (κ1) is 20.4. The van der Waals surface area contributed by atoms with Crippen LogP contribution in [0.15, 0.2) is 18.2 Å². The largest absolute Gasteiger partial charge is 0.341 e. The van der Waals surface area contributed by atoms with Crippen LogP contribution in [0.4, 0.5) is 5.69 Å².